The Morgan fingerprint density at radius 2 is 2.08 bits per heavy atom. The maximum absolute atomic E-state index is 12.9. The normalized spacial score (nSPS) is 11.8. The first-order valence-corrected chi connectivity index (χ1v) is 9.98. The van der Waals surface area contributed by atoms with Crippen molar-refractivity contribution in [2.75, 3.05) is 18.5 Å². The Bertz CT molecular complexity index is 1070. The SMILES string of the molecule is COCn1c(C(=O)O)cc2c(C)ccc(N(C)S(=O)(=O)c3cccs3)c21. The first-order valence-electron chi connectivity index (χ1n) is 7.66. The number of anilines is 1. The third-order valence-electron chi connectivity index (χ3n) is 4.18. The van der Waals surface area contributed by atoms with Gasteiger partial charge in [-0.15, -0.1) is 11.3 Å². The third kappa shape index (κ3) is 2.87. The number of aromatic nitrogens is 1. The molecule has 0 aliphatic rings. The van der Waals surface area contributed by atoms with Gasteiger partial charge in [0.05, 0.1) is 11.2 Å². The summed E-state index contributed by atoms with van der Waals surface area (Å²) < 4.78 is 33.8. The topological polar surface area (TPSA) is 88.8 Å². The van der Waals surface area contributed by atoms with Crippen LogP contribution in [0, 0.1) is 6.92 Å². The van der Waals surface area contributed by atoms with E-state index in [0.29, 0.717) is 16.6 Å². The molecule has 138 valence electrons. The van der Waals surface area contributed by atoms with Gasteiger partial charge >= 0.3 is 5.97 Å². The highest BCUT2D eigenvalue weighted by Gasteiger charge is 2.27. The highest BCUT2D eigenvalue weighted by atomic mass is 32.2. The Hall–Kier alpha value is -2.36. The zero-order valence-electron chi connectivity index (χ0n) is 14.5. The fraction of sp³-hybridized carbons (Fsp3) is 0.235. The molecular weight excluding hydrogens is 376 g/mol. The van der Waals surface area contributed by atoms with Crippen LogP contribution in [0.25, 0.3) is 10.9 Å². The molecule has 7 nitrogen and oxygen atoms in total. The van der Waals surface area contributed by atoms with Gasteiger partial charge in [-0.05, 0) is 36.1 Å². The van der Waals surface area contributed by atoms with E-state index in [1.807, 2.05) is 6.92 Å². The Kier molecular flexibility index (Phi) is 4.78. The van der Waals surface area contributed by atoms with Crippen LogP contribution in [-0.4, -0.2) is 38.2 Å². The number of methoxy groups -OCH3 is 1. The lowest BCUT2D eigenvalue weighted by molar-refractivity contribution is 0.0664. The van der Waals surface area contributed by atoms with Crippen LogP contribution in [0.4, 0.5) is 5.69 Å². The Balaban J connectivity index is 2.30. The molecule has 0 aliphatic heterocycles. The van der Waals surface area contributed by atoms with E-state index in [-0.39, 0.29) is 16.6 Å². The van der Waals surface area contributed by atoms with Crippen LogP contribution < -0.4 is 4.31 Å². The summed E-state index contributed by atoms with van der Waals surface area (Å²) in [5, 5.41) is 11.9. The standard InChI is InChI=1S/C17H18N2O5S2/c1-11-6-7-13(18(2)26(22,23)15-5-4-8-25-15)16-12(11)9-14(17(20)21)19(16)10-24-3/h4-9H,10H2,1-3H3,(H,20,21). The van der Waals surface area contributed by atoms with Crippen LogP contribution in [0.5, 0.6) is 0 Å². The van der Waals surface area contributed by atoms with Gasteiger partial charge < -0.3 is 14.4 Å². The van der Waals surface area contributed by atoms with Gasteiger partial charge in [-0.3, -0.25) is 4.31 Å². The summed E-state index contributed by atoms with van der Waals surface area (Å²) in [6.45, 7) is 1.84. The number of aromatic carboxylic acids is 1. The first-order chi connectivity index (χ1) is 12.3. The second kappa shape index (κ2) is 6.75. The molecule has 0 bridgehead atoms. The number of thiophene rings is 1. The van der Waals surface area contributed by atoms with Crippen molar-refractivity contribution >= 4 is 43.9 Å². The molecule has 0 radical (unpaired) electrons. The number of benzene rings is 1. The molecule has 9 heteroatoms. The van der Waals surface area contributed by atoms with E-state index in [1.165, 1.54) is 23.0 Å². The highest BCUT2D eigenvalue weighted by molar-refractivity contribution is 7.94. The van der Waals surface area contributed by atoms with Crippen molar-refractivity contribution in [3.05, 3.63) is 47.0 Å². The second-order valence-electron chi connectivity index (χ2n) is 5.75. The van der Waals surface area contributed by atoms with Gasteiger partial charge in [0.25, 0.3) is 10.0 Å². The average molecular weight is 394 g/mol. The minimum absolute atomic E-state index is 0.00548. The number of rotatable bonds is 6. The van der Waals surface area contributed by atoms with Gasteiger partial charge in [0, 0.05) is 19.5 Å². The van der Waals surface area contributed by atoms with E-state index in [1.54, 1.807) is 35.7 Å². The average Bonchev–Trinajstić information content (AvgIpc) is 3.24. The molecule has 3 rings (SSSR count). The number of carboxylic acid groups (broad SMARTS) is 1. The van der Waals surface area contributed by atoms with Crippen molar-refractivity contribution in [1.82, 2.24) is 4.57 Å². The highest BCUT2D eigenvalue weighted by Crippen LogP contribution is 2.35. The fourth-order valence-corrected chi connectivity index (χ4v) is 5.23. The minimum atomic E-state index is -3.75. The number of carboxylic acids is 1. The number of ether oxygens (including phenoxy) is 1. The van der Waals surface area contributed by atoms with E-state index >= 15 is 0 Å². The van der Waals surface area contributed by atoms with Gasteiger partial charge in [0.2, 0.25) is 0 Å². The molecule has 1 aromatic carbocycles. The van der Waals surface area contributed by atoms with Crippen molar-refractivity contribution in [3.63, 3.8) is 0 Å². The van der Waals surface area contributed by atoms with Crippen molar-refractivity contribution in [2.24, 2.45) is 0 Å². The molecule has 0 atom stereocenters. The molecule has 0 spiro atoms. The van der Waals surface area contributed by atoms with Crippen molar-refractivity contribution < 1.29 is 23.1 Å². The van der Waals surface area contributed by atoms with Crippen molar-refractivity contribution in [1.29, 1.82) is 0 Å². The Labute approximate surface area is 155 Å². The zero-order valence-corrected chi connectivity index (χ0v) is 16.1. The van der Waals surface area contributed by atoms with E-state index in [0.717, 1.165) is 16.9 Å². The van der Waals surface area contributed by atoms with Gasteiger partial charge in [-0.25, -0.2) is 13.2 Å². The van der Waals surface area contributed by atoms with Crippen LogP contribution >= 0.6 is 11.3 Å². The van der Waals surface area contributed by atoms with Crippen LogP contribution in [0.1, 0.15) is 16.1 Å². The second-order valence-corrected chi connectivity index (χ2v) is 8.89. The lowest BCUT2D eigenvalue weighted by Gasteiger charge is -2.21. The summed E-state index contributed by atoms with van der Waals surface area (Å²) in [7, 11) is -0.826. The first kappa shape index (κ1) is 18.4. The third-order valence-corrected chi connectivity index (χ3v) is 7.33. The maximum atomic E-state index is 12.9. The van der Waals surface area contributed by atoms with Gasteiger partial charge in [-0.1, -0.05) is 12.1 Å². The Morgan fingerprint density at radius 1 is 1.35 bits per heavy atom. The molecule has 2 heterocycles. The number of aryl methyl sites for hydroxylation is 1. The van der Waals surface area contributed by atoms with Crippen molar-refractivity contribution in [2.45, 2.75) is 17.9 Å². The molecule has 1 N–H and O–H groups in total. The largest absolute Gasteiger partial charge is 0.477 e. The summed E-state index contributed by atoms with van der Waals surface area (Å²) in [6.07, 6.45) is 0. The van der Waals surface area contributed by atoms with Gasteiger partial charge in [0.15, 0.2) is 0 Å². The summed E-state index contributed by atoms with van der Waals surface area (Å²) in [4.78, 5) is 11.6. The summed E-state index contributed by atoms with van der Waals surface area (Å²) in [6, 6.07) is 8.22. The molecule has 0 amide bonds. The van der Waals surface area contributed by atoms with Gasteiger partial charge in [-0.2, -0.15) is 0 Å². The molecular formula is C17H18N2O5S2. The molecule has 0 saturated heterocycles. The summed E-state index contributed by atoms with van der Waals surface area (Å²) in [5.74, 6) is -1.10. The van der Waals surface area contributed by atoms with E-state index in [2.05, 4.69) is 0 Å². The fourth-order valence-electron chi connectivity index (χ4n) is 2.87. The predicted octanol–water partition coefficient (Wildman–Crippen LogP) is 3.14. The quantitative estimate of drug-likeness (QED) is 0.694. The van der Waals surface area contributed by atoms with Gasteiger partial charge in [0.1, 0.15) is 16.6 Å². The van der Waals surface area contributed by atoms with Crippen molar-refractivity contribution in [3.8, 4) is 0 Å². The predicted molar refractivity (Wildman–Crippen MR) is 101 cm³/mol. The number of sulfonamides is 1. The lowest BCUT2D eigenvalue weighted by Crippen LogP contribution is -2.26. The molecule has 0 unspecified atom stereocenters. The van der Waals surface area contributed by atoms with E-state index in [9.17, 15) is 18.3 Å². The van der Waals surface area contributed by atoms with E-state index in [4.69, 9.17) is 4.74 Å². The molecule has 0 saturated carbocycles. The lowest BCUT2D eigenvalue weighted by atomic mass is 10.1. The monoisotopic (exact) mass is 394 g/mol. The van der Waals surface area contributed by atoms with Crippen LogP contribution in [-0.2, 0) is 21.5 Å². The molecule has 2 aromatic heterocycles. The maximum Gasteiger partial charge on any atom is 0.352 e. The van der Waals surface area contributed by atoms with Crippen LogP contribution in [0.15, 0.2) is 39.9 Å². The molecule has 26 heavy (non-hydrogen) atoms. The number of carbonyl (C=O) groups is 1. The summed E-state index contributed by atoms with van der Waals surface area (Å²) >= 11 is 1.13. The van der Waals surface area contributed by atoms with Crippen LogP contribution in [0.2, 0.25) is 0 Å². The number of fused-ring (bicyclic) bond motifs is 1. The molecule has 3 aromatic rings. The molecule has 0 aliphatic carbocycles. The van der Waals surface area contributed by atoms with Crippen LogP contribution in [0.3, 0.4) is 0 Å². The number of hydrogen-bond acceptors (Lipinski definition) is 5. The van der Waals surface area contributed by atoms with E-state index < -0.39 is 16.0 Å². The minimum Gasteiger partial charge on any atom is -0.477 e. The number of hydrogen-bond donors (Lipinski definition) is 1. The summed E-state index contributed by atoms with van der Waals surface area (Å²) in [5.41, 5.74) is 1.79. The zero-order chi connectivity index (χ0) is 19.1. The molecule has 0 fully saturated rings. The smallest absolute Gasteiger partial charge is 0.352 e. The number of nitrogens with zero attached hydrogens (tertiary/aromatic N) is 2. The Morgan fingerprint density at radius 3 is 2.65 bits per heavy atom.